The minimum absolute atomic E-state index is 0.730. The summed E-state index contributed by atoms with van der Waals surface area (Å²) in [5, 5.41) is 7.56. The lowest BCUT2D eigenvalue weighted by atomic mass is 10.1. The van der Waals surface area contributed by atoms with Crippen LogP contribution in [0.25, 0.3) is 0 Å². The van der Waals surface area contributed by atoms with Gasteiger partial charge in [-0.2, -0.15) is 5.10 Å². The molecule has 1 aromatic rings. The number of aromatic nitrogens is 2. The third-order valence-corrected chi connectivity index (χ3v) is 3.60. The highest BCUT2D eigenvalue weighted by molar-refractivity contribution is 5.00. The SMILES string of the molecule is CNC1CCN(CCc2ccnn2C)CC1. The van der Waals surface area contributed by atoms with Gasteiger partial charge in [0.2, 0.25) is 0 Å². The van der Waals surface area contributed by atoms with Gasteiger partial charge in [-0.25, -0.2) is 0 Å². The molecule has 1 N–H and O–H groups in total. The van der Waals surface area contributed by atoms with Gasteiger partial charge < -0.3 is 10.2 Å². The molecule has 0 radical (unpaired) electrons. The second kappa shape index (κ2) is 5.46. The van der Waals surface area contributed by atoms with Crippen LogP contribution in [0.1, 0.15) is 18.5 Å². The minimum atomic E-state index is 0.730. The Hall–Kier alpha value is -0.870. The van der Waals surface area contributed by atoms with Crippen LogP contribution in [0.2, 0.25) is 0 Å². The minimum Gasteiger partial charge on any atom is -0.317 e. The quantitative estimate of drug-likeness (QED) is 0.812. The van der Waals surface area contributed by atoms with E-state index in [9.17, 15) is 0 Å². The fraction of sp³-hybridized carbons (Fsp3) is 0.750. The van der Waals surface area contributed by atoms with Gasteiger partial charge in [-0.1, -0.05) is 0 Å². The van der Waals surface area contributed by atoms with Crippen molar-refractivity contribution in [2.24, 2.45) is 7.05 Å². The van der Waals surface area contributed by atoms with Crippen LogP contribution in [0.4, 0.5) is 0 Å². The van der Waals surface area contributed by atoms with Crippen LogP contribution >= 0.6 is 0 Å². The molecule has 0 saturated carbocycles. The summed E-state index contributed by atoms with van der Waals surface area (Å²) in [7, 11) is 4.08. The van der Waals surface area contributed by atoms with Crippen molar-refractivity contribution < 1.29 is 0 Å². The molecule has 2 rings (SSSR count). The highest BCUT2D eigenvalue weighted by atomic mass is 15.3. The van der Waals surface area contributed by atoms with E-state index in [1.807, 2.05) is 17.9 Å². The topological polar surface area (TPSA) is 33.1 Å². The second-order valence-electron chi connectivity index (χ2n) is 4.60. The zero-order valence-electron chi connectivity index (χ0n) is 10.3. The summed E-state index contributed by atoms with van der Waals surface area (Å²) in [6.45, 7) is 3.61. The van der Waals surface area contributed by atoms with Gasteiger partial charge in [0.1, 0.15) is 0 Å². The Morgan fingerprint density at radius 1 is 1.44 bits per heavy atom. The molecule has 4 nitrogen and oxygen atoms in total. The lowest BCUT2D eigenvalue weighted by Gasteiger charge is -2.31. The van der Waals surface area contributed by atoms with Gasteiger partial charge in [0.25, 0.3) is 0 Å². The van der Waals surface area contributed by atoms with Crippen LogP contribution in [-0.2, 0) is 13.5 Å². The average molecular weight is 222 g/mol. The van der Waals surface area contributed by atoms with E-state index >= 15 is 0 Å². The smallest absolute Gasteiger partial charge is 0.0492 e. The molecule has 0 bridgehead atoms. The maximum Gasteiger partial charge on any atom is 0.0492 e. The normalized spacial score (nSPS) is 19.1. The molecule has 0 spiro atoms. The number of nitrogens with one attached hydrogen (secondary N) is 1. The molecule has 1 aliphatic rings. The molecule has 16 heavy (non-hydrogen) atoms. The number of piperidine rings is 1. The number of rotatable bonds is 4. The van der Waals surface area contributed by atoms with Crippen molar-refractivity contribution in [3.63, 3.8) is 0 Å². The highest BCUT2D eigenvalue weighted by Gasteiger charge is 2.17. The summed E-state index contributed by atoms with van der Waals surface area (Å²) in [6, 6.07) is 2.84. The van der Waals surface area contributed by atoms with Crippen molar-refractivity contribution in [2.45, 2.75) is 25.3 Å². The number of hydrogen-bond donors (Lipinski definition) is 1. The Kier molecular flexibility index (Phi) is 3.96. The largest absolute Gasteiger partial charge is 0.317 e. The second-order valence-corrected chi connectivity index (χ2v) is 4.60. The summed E-state index contributed by atoms with van der Waals surface area (Å²) in [6.07, 6.45) is 5.55. The predicted molar refractivity (Wildman–Crippen MR) is 65.4 cm³/mol. The molecule has 1 saturated heterocycles. The first-order valence-corrected chi connectivity index (χ1v) is 6.16. The Balaban J connectivity index is 1.73. The van der Waals surface area contributed by atoms with Gasteiger partial charge in [-0.15, -0.1) is 0 Å². The van der Waals surface area contributed by atoms with Crippen LogP contribution in [0.3, 0.4) is 0 Å². The standard InChI is InChI=1S/C12H22N4/c1-13-11-4-8-16(9-5-11)10-6-12-3-7-14-15(12)2/h3,7,11,13H,4-6,8-10H2,1-2H3. The van der Waals surface area contributed by atoms with E-state index in [0.29, 0.717) is 0 Å². The molecule has 0 aromatic carbocycles. The van der Waals surface area contributed by atoms with Crippen LogP contribution in [0, 0.1) is 0 Å². The van der Waals surface area contributed by atoms with Crippen LogP contribution in [0.5, 0.6) is 0 Å². The lowest BCUT2D eigenvalue weighted by molar-refractivity contribution is 0.203. The average Bonchev–Trinajstić information content (AvgIpc) is 2.73. The third-order valence-electron chi connectivity index (χ3n) is 3.60. The maximum absolute atomic E-state index is 4.19. The molecule has 90 valence electrons. The molecular formula is C12H22N4. The summed E-state index contributed by atoms with van der Waals surface area (Å²) in [5.74, 6) is 0. The van der Waals surface area contributed by atoms with Crippen LogP contribution < -0.4 is 5.32 Å². The Morgan fingerprint density at radius 3 is 2.75 bits per heavy atom. The molecule has 0 unspecified atom stereocenters. The zero-order chi connectivity index (χ0) is 11.4. The molecule has 1 fully saturated rings. The third kappa shape index (κ3) is 2.83. The van der Waals surface area contributed by atoms with E-state index in [2.05, 4.69) is 28.4 Å². The molecule has 4 heteroatoms. The predicted octanol–water partition coefficient (Wildman–Crippen LogP) is 0.646. The van der Waals surface area contributed by atoms with Crippen LogP contribution in [-0.4, -0.2) is 47.4 Å². The van der Waals surface area contributed by atoms with Gasteiger partial charge in [-0.3, -0.25) is 4.68 Å². The van der Waals surface area contributed by atoms with Crippen molar-refractivity contribution >= 4 is 0 Å². The summed E-state index contributed by atoms with van der Waals surface area (Å²) < 4.78 is 1.97. The van der Waals surface area contributed by atoms with Gasteiger partial charge in [0.05, 0.1) is 0 Å². The van der Waals surface area contributed by atoms with Crippen molar-refractivity contribution in [3.05, 3.63) is 18.0 Å². The van der Waals surface area contributed by atoms with Crippen molar-refractivity contribution in [3.8, 4) is 0 Å². The fourth-order valence-electron chi connectivity index (χ4n) is 2.36. The number of hydrogen-bond acceptors (Lipinski definition) is 3. The molecule has 2 heterocycles. The first kappa shape index (κ1) is 11.6. The monoisotopic (exact) mass is 222 g/mol. The van der Waals surface area contributed by atoms with E-state index in [-0.39, 0.29) is 0 Å². The number of likely N-dealkylation sites (tertiary alicyclic amines) is 1. The van der Waals surface area contributed by atoms with E-state index in [1.54, 1.807) is 0 Å². The van der Waals surface area contributed by atoms with Gasteiger partial charge in [0, 0.05) is 37.9 Å². The fourth-order valence-corrected chi connectivity index (χ4v) is 2.36. The van der Waals surface area contributed by atoms with Crippen molar-refractivity contribution in [1.82, 2.24) is 20.0 Å². The first-order chi connectivity index (χ1) is 7.79. The van der Waals surface area contributed by atoms with Gasteiger partial charge >= 0.3 is 0 Å². The maximum atomic E-state index is 4.19. The van der Waals surface area contributed by atoms with Gasteiger partial charge in [-0.05, 0) is 39.0 Å². The molecule has 1 aliphatic heterocycles. The first-order valence-electron chi connectivity index (χ1n) is 6.16. The molecule has 0 atom stereocenters. The van der Waals surface area contributed by atoms with E-state index in [4.69, 9.17) is 0 Å². The summed E-state index contributed by atoms with van der Waals surface area (Å²) in [5.41, 5.74) is 1.33. The van der Waals surface area contributed by atoms with Gasteiger partial charge in [0.15, 0.2) is 0 Å². The van der Waals surface area contributed by atoms with Crippen molar-refractivity contribution in [2.75, 3.05) is 26.7 Å². The Bertz CT molecular complexity index is 313. The zero-order valence-corrected chi connectivity index (χ0v) is 10.3. The Labute approximate surface area is 97.6 Å². The van der Waals surface area contributed by atoms with E-state index in [1.165, 1.54) is 31.6 Å². The van der Waals surface area contributed by atoms with E-state index < -0.39 is 0 Å². The van der Waals surface area contributed by atoms with E-state index in [0.717, 1.165) is 19.0 Å². The Morgan fingerprint density at radius 2 is 2.19 bits per heavy atom. The molecule has 0 amide bonds. The van der Waals surface area contributed by atoms with Crippen molar-refractivity contribution in [1.29, 1.82) is 0 Å². The molecule has 1 aromatic heterocycles. The van der Waals surface area contributed by atoms with Crippen LogP contribution in [0.15, 0.2) is 12.3 Å². The molecular weight excluding hydrogens is 200 g/mol. The lowest BCUT2D eigenvalue weighted by Crippen LogP contribution is -2.41. The number of nitrogens with zero attached hydrogens (tertiary/aromatic N) is 3. The summed E-state index contributed by atoms with van der Waals surface area (Å²) in [4.78, 5) is 2.56. The molecule has 0 aliphatic carbocycles. The summed E-state index contributed by atoms with van der Waals surface area (Å²) >= 11 is 0. The number of aryl methyl sites for hydroxylation is 1. The highest BCUT2D eigenvalue weighted by Crippen LogP contribution is 2.10.